The summed E-state index contributed by atoms with van der Waals surface area (Å²) in [5.41, 5.74) is 0.890. The van der Waals surface area contributed by atoms with E-state index >= 15 is 0 Å². The Hall–Kier alpha value is -2.96. The van der Waals surface area contributed by atoms with Crippen molar-refractivity contribution >= 4 is 16.7 Å². The Balaban J connectivity index is 2.02. The molecule has 7 heteroatoms. The van der Waals surface area contributed by atoms with Crippen molar-refractivity contribution in [3.8, 4) is 0 Å². The van der Waals surface area contributed by atoms with Crippen LogP contribution >= 0.6 is 0 Å². The molecule has 0 bridgehead atoms. The van der Waals surface area contributed by atoms with Crippen molar-refractivity contribution < 1.29 is 4.79 Å². The number of aromatic amines is 1. The zero-order valence-electron chi connectivity index (χ0n) is 13.9. The fourth-order valence-electron chi connectivity index (χ4n) is 2.65. The first-order valence-corrected chi connectivity index (χ1v) is 7.73. The molecule has 0 spiro atoms. The molecule has 7 nitrogen and oxygen atoms in total. The van der Waals surface area contributed by atoms with E-state index < -0.39 is 0 Å². The third kappa shape index (κ3) is 2.92. The number of amides is 1. The number of H-pyrrole nitrogens is 1. The molecular weight excluding hydrogens is 306 g/mol. The Kier molecular flexibility index (Phi) is 4.16. The lowest BCUT2D eigenvalue weighted by molar-refractivity contribution is 0.0685. The second-order valence-corrected chi connectivity index (χ2v) is 6.00. The molecule has 24 heavy (non-hydrogen) atoms. The van der Waals surface area contributed by atoms with Gasteiger partial charge in [0.05, 0.1) is 11.6 Å². The second kappa shape index (κ2) is 6.27. The molecule has 0 atom stereocenters. The molecule has 0 aliphatic heterocycles. The average molecular weight is 325 g/mol. The van der Waals surface area contributed by atoms with Crippen molar-refractivity contribution in [1.29, 1.82) is 0 Å². The highest BCUT2D eigenvalue weighted by Crippen LogP contribution is 2.17. The molecule has 0 aliphatic rings. The first kappa shape index (κ1) is 15.9. The predicted octanol–water partition coefficient (Wildman–Crippen LogP) is 1.71. The van der Waals surface area contributed by atoms with E-state index in [9.17, 15) is 9.59 Å². The van der Waals surface area contributed by atoms with Crippen molar-refractivity contribution in [3.05, 3.63) is 58.3 Å². The van der Waals surface area contributed by atoms with Crippen LogP contribution in [0, 0.1) is 0 Å². The number of benzene rings is 1. The molecule has 1 N–H and O–H groups in total. The van der Waals surface area contributed by atoms with Crippen LogP contribution in [-0.2, 0) is 13.6 Å². The maximum Gasteiger partial charge on any atom is 0.275 e. The van der Waals surface area contributed by atoms with Crippen LogP contribution in [0.5, 0.6) is 0 Å². The Bertz CT molecular complexity index is 941. The number of aromatic nitrogens is 4. The van der Waals surface area contributed by atoms with Gasteiger partial charge in [0.2, 0.25) is 0 Å². The van der Waals surface area contributed by atoms with Gasteiger partial charge in [-0.15, -0.1) is 0 Å². The van der Waals surface area contributed by atoms with Crippen LogP contribution in [0.2, 0.25) is 0 Å². The number of aryl methyl sites for hydroxylation is 1. The third-order valence-corrected chi connectivity index (χ3v) is 3.89. The topological polar surface area (TPSA) is 83.9 Å². The minimum absolute atomic E-state index is 0.0230. The standard InChI is InChI=1S/C17H19N5O2/c1-11(2)22(10-12-8-18-21(3)9-12)17(24)15-13-6-4-5-7-14(13)16(23)20-19-15/h4-9,11H,10H2,1-3H3,(H,20,23). The Morgan fingerprint density at radius 2 is 2.00 bits per heavy atom. The van der Waals surface area contributed by atoms with E-state index in [2.05, 4.69) is 15.3 Å². The number of nitrogens with one attached hydrogen (secondary N) is 1. The molecule has 0 aliphatic carbocycles. The van der Waals surface area contributed by atoms with Crippen LogP contribution in [0.4, 0.5) is 0 Å². The van der Waals surface area contributed by atoms with E-state index in [1.54, 1.807) is 40.0 Å². The van der Waals surface area contributed by atoms with Crippen molar-refractivity contribution in [1.82, 2.24) is 24.9 Å². The number of rotatable bonds is 4. The van der Waals surface area contributed by atoms with Crippen LogP contribution in [0.1, 0.15) is 29.9 Å². The first-order valence-electron chi connectivity index (χ1n) is 7.73. The molecule has 0 saturated heterocycles. The molecule has 3 aromatic rings. The molecule has 0 saturated carbocycles. The van der Waals surface area contributed by atoms with Gasteiger partial charge < -0.3 is 4.90 Å². The molecule has 0 unspecified atom stereocenters. The summed E-state index contributed by atoms with van der Waals surface area (Å²) in [5.74, 6) is -0.221. The van der Waals surface area contributed by atoms with Crippen LogP contribution in [-0.4, -0.2) is 36.8 Å². The molecule has 0 fully saturated rings. The molecule has 124 valence electrons. The lowest BCUT2D eigenvalue weighted by Crippen LogP contribution is -2.37. The third-order valence-electron chi connectivity index (χ3n) is 3.89. The van der Waals surface area contributed by atoms with Gasteiger partial charge in [0.15, 0.2) is 5.69 Å². The minimum atomic E-state index is -0.300. The quantitative estimate of drug-likeness (QED) is 0.791. The second-order valence-electron chi connectivity index (χ2n) is 6.00. The van der Waals surface area contributed by atoms with Crippen LogP contribution in [0.25, 0.3) is 10.8 Å². The fourth-order valence-corrected chi connectivity index (χ4v) is 2.65. The van der Waals surface area contributed by atoms with Crippen LogP contribution in [0.3, 0.4) is 0 Å². The largest absolute Gasteiger partial charge is 0.330 e. The van der Waals surface area contributed by atoms with E-state index in [-0.39, 0.29) is 23.2 Å². The fraction of sp³-hybridized carbons (Fsp3) is 0.294. The summed E-state index contributed by atoms with van der Waals surface area (Å²) >= 11 is 0. The van der Waals surface area contributed by atoms with E-state index in [1.807, 2.05) is 27.1 Å². The Labute approximate surface area is 138 Å². The maximum absolute atomic E-state index is 13.0. The van der Waals surface area contributed by atoms with E-state index in [0.29, 0.717) is 17.3 Å². The average Bonchev–Trinajstić information content (AvgIpc) is 2.97. The molecule has 1 amide bonds. The SMILES string of the molecule is CC(C)N(Cc1cnn(C)c1)C(=O)c1n[nH]c(=O)c2ccccc12. The minimum Gasteiger partial charge on any atom is -0.330 e. The normalized spacial score (nSPS) is 11.2. The number of hydrogen-bond acceptors (Lipinski definition) is 4. The van der Waals surface area contributed by atoms with Crippen LogP contribution in [0.15, 0.2) is 41.5 Å². The monoisotopic (exact) mass is 325 g/mol. The van der Waals surface area contributed by atoms with Gasteiger partial charge in [0.25, 0.3) is 11.5 Å². The first-order chi connectivity index (χ1) is 11.5. The van der Waals surface area contributed by atoms with Gasteiger partial charge >= 0.3 is 0 Å². The maximum atomic E-state index is 13.0. The molecule has 2 aromatic heterocycles. The Morgan fingerprint density at radius 3 is 2.62 bits per heavy atom. The predicted molar refractivity (Wildman–Crippen MR) is 90.6 cm³/mol. The lowest BCUT2D eigenvalue weighted by atomic mass is 10.1. The van der Waals surface area contributed by atoms with Gasteiger partial charge in [-0.3, -0.25) is 14.3 Å². The Morgan fingerprint density at radius 1 is 1.29 bits per heavy atom. The molecule has 1 aromatic carbocycles. The lowest BCUT2D eigenvalue weighted by Gasteiger charge is -2.26. The van der Waals surface area contributed by atoms with Gasteiger partial charge in [-0.1, -0.05) is 18.2 Å². The molecule has 0 radical (unpaired) electrons. The number of fused-ring (bicyclic) bond motifs is 1. The van der Waals surface area contributed by atoms with Crippen molar-refractivity contribution in [3.63, 3.8) is 0 Å². The van der Waals surface area contributed by atoms with E-state index in [4.69, 9.17) is 0 Å². The van der Waals surface area contributed by atoms with Crippen molar-refractivity contribution in [2.75, 3.05) is 0 Å². The number of hydrogen-bond donors (Lipinski definition) is 1. The van der Waals surface area contributed by atoms with Crippen molar-refractivity contribution in [2.45, 2.75) is 26.4 Å². The van der Waals surface area contributed by atoms with Gasteiger partial charge in [0.1, 0.15) is 0 Å². The zero-order chi connectivity index (χ0) is 17.3. The highest BCUT2D eigenvalue weighted by Gasteiger charge is 2.23. The van der Waals surface area contributed by atoms with Gasteiger partial charge in [-0.05, 0) is 19.9 Å². The number of carbonyl (C=O) groups is 1. The van der Waals surface area contributed by atoms with Gasteiger partial charge in [-0.2, -0.15) is 10.2 Å². The summed E-state index contributed by atoms with van der Waals surface area (Å²) in [4.78, 5) is 26.6. The summed E-state index contributed by atoms with van der Waals surface area (Å²) in [6.45, 7) is 4.32. The van der Waals surface area contributed by atoms with Gasteiger partial charge in [-0.25, -0.2) is 5.10 Å². The summed E-state index contributed by atoms with van der Waals surface area (Å²) in [6.07, 6.45) is 3.61. The molecule has 2 heterocycles. The van der Waals surface area contributed by atoms with E-state index in [0.717, 1.165) is 5.56 Å². The zero-order valence-corrected chi connectivity index (χ0v) is 13.9. The number of carbonyl (C=O) groups excluding carboxylic acids is 1. The molecular formula is C17H19N5O2. The summed E-state index contributed by atoms with van der Waals surface area (Å²) in [6, 6.07) is 6.97. The summed E-state index contributed by atoms with van der Waals surface area (Å²) < 4.78 is 1.70. The molecule has 3 rings (SSSR count). The number of nitrogens with zero attached hydrogens (tertiary/aromatic N) is 4. The smallest absolute Gasteiger partial charge is 0.275 e. The summed E-state index contributed by atoms with van der Waals surface area (Å²) in [7, 11) is 1.84. The highest BCUT2D eigenvalue weighted by molar-refractivity contribution is 6.04. The van der Waals surface area contributed by atoms with E-state index in [1.165, 1.54) is 0 Å². The van der Waals surface area contributed by atoms with Crippen molar-refractivity contribution in [2.24, 2.45) is 7.05 Å². The summed E-state index contributed by atoms with van der Waals surface area (Å²) in [5, 5.41) is 11.6. The van der Waals surface area contributed by atoms with Crippen LogP contribution < -0.4 is 5.56 Å². The van der Waals surface area contributed by atoms with Gasteiger partial charge in [0, 0.05) is 36.8 Å². The highest BCUT2D eigenvalue weighted by atomic mass is 16.2.